The van der Waals surface area contributed by atoms with E-state index in [1.807, 2.05) is 11.8 Å². The minimum absolute atomic E-state index is 0.113. The summed E-state index contributed by atoms with van der Waals surface area (Å²) < 4.78 is 10.7. The summed E-state index contributed by atoms with van der Waals surface area (Å²) in [6, 6.07) is 5.31. The van der Waals surface area contributed by atoms with Crippen LogP contribution in [0.3, 0.4) is 0 Å². The van der Waals surface area contributed by atoms with Crippen LogP contribution in [0.1, 0.15) is 25.3 Å². The number of hydrogen-bond acceptors (Lipinski definition) is 7. The van der Waals surface area contributed by atoms with Gasteiger partial charge in [0, 0.05) is 39.3 Å². The molecule has 0 aliphatic carbocycles. The van der Waals surface area contributed by atoms with Gasteiger partial charge in [-0.15, -0.1) is 0 Å². The van der Waals surface area contributed by atoms with Gasteiger partial charge in [-0.05, 0) is 24.1 Å². The number of hydrogen-bond donors (Lipinski definition) is 1. The Bertz CT molecular complexity index is 815. The number of unbranched alkanes of at least 4 members (excludes halogenated alkanes) is 1. The van der Waals surface area contributed by atoms with E-state index < -0.39 is 0 Å². The van der Waals surface area contributed by atoms with E-state index in [0.717, 1.165) is 25.9 Å². The van der Waals surface area contributed by atoms with Crippen LogP contribution in [0.4, 0.5) is 0 Å². The van der Waals surface area contributed by atoms with Crippen molar-refractivity contribution in [3.05, 3.63) is 29.5 Å². The first-order valence-corrected chi connectivity index (χ1v) is 10.5. The van der Waals surface area contributed by atoms with Crippen LogP contribution in [0, 0.1) is 0 Å². The molecule has 1 aromatic carbocycles. The number of nitrogens with zero attached hydrogens (tertiary/aromatic N) is 3. The standard InChI is InChI=1S/C22H31N3O5/c1-4-5-8-25-21(27)19(16-6-7-17(29-2)18(15-16)30-3)20(22(25)28)24-11-9-23(10-12-24)13-14-26/h6-7,15,26H,4-5,8-14H2,1-3H3. The molecule has 0 aromatic heterocycles. The van der Waals surface area contributed by atoms with Crippen LogP contribution in [0.15, 0.2) is 23.9 Å². The molecular formula is C22H31N3O5. The van der Waals surface area contributed by atoms with Gasteiger partial charge in [0.05, 0.1) is 26.4 Å². The van der Waals surface area contributed by atoms with E-state index in [1.54, 1.807) is 32.4 Å². The minimum atomic E-state index is -0.256. The molecule has 0 saturated carbocycles. The summed E-state index contributed by atoms with van der Waals surface area (Å²) in [5, 5.41) is 9.18. The normalized spacial score (nSPS) is 17.9. The number of rotatable bonds is 9. The molecule has 0 unspecified atom stereocenters. The molecule has 0 atom stereocenters. The number of amides is 2. The summed E-state index contributed by atoms with van der Waals surface area (Å²) in [5.74, 6) is 0.602. The predicted octanol–water partition coefficient (Wildman–Crippen LogP) is 1.19. The third-order valence-electron chi connectivity index (χ3n) is 5.66. The van der Waals surface area contributed by atoms with Crippen molar-refractivity contribution in [3.8, 4) is 11.5 Å². The predicted molar refractivity (Wildman–Crippen MR) is 113 cm³/mol. The average Bonchev–Trinajstić information content (AvgIpc) is 3.02. The van der Waals surface area contributed by atoms with Gasteiger partial charge in [-0.25, -0.2) is 0 Å². The number of aliphatic hydroxyl groups excluding tert-OH is 1. The Hall–Kier alpha value is -2.58. The van der Waals surface area contributed by atoms with Crippen LogP contribution in [0.2, 0.25) is 0 Å². The maximum absolute atomic E-state index is 13.3. The van der Waals surface area contributed by atoms with Gasteiger partial charge in [-0.1, -0.05) is 19.4 Å². The number of carbonyl (C=O) groups is 2. The zero-order valence-corrected chi connectivity index (χ0v) is 18.0. The molecular weight excluding hydrogens is 386 g/mol. The molecule has 1 N–H and O–H groups in total. The fourth-order valence-corrected chi connectivity index (χ4v) is 3.96. The lowest BCUT2D eigenvalue weighted by molar-refractivity contribution is -0.137. The maximum Gasteiger partial charge on any atom is 0.277 e. The number of ether oxygens (including phenoxy) is 2. The Balaban J connectivity index is 1.99. The average molecular weight is 418 g/mol. The maximum atomic E-state index is 13.3. The summed E-state index contributed by atoms with van der Waals surface area (Å²) in [4.78, 5) is 32.1. The van der Waals surface area contributed by atoms with Crippen molar-refractivity contribution in [2.24, 2.45) is 0 Å². The van der Waals surface area contributed by atoms with E-state index in [1.165, 1.54) is 4.90 Å². The summed E-state index contributed by atoms with van der Waals surface area (Å²) >= 11 is 0. The van der Waals surface area contributed by atoms with Gasteiger partial charge in [0.1, 0.15) is 5.70 Å². The number of benzene rings is 1. The van der Waals surface area contributed by atoms with Crippen LogP contribution in [0.5, 0.6) is 11.5 Å². The van der Waals surface area contributed by atoms with E-state index in [0.29, 0.717) is 54.5 Å². The monoisotopic (exact) mass is 417 g/mol. The molecule has 0 radical (unpaired) electrons. The molecule has 8 heteroatoms. The third kappa shape index (κ3) is 4.29. The van der Waals surface area contributed by atoms with E-state index in [4.69, 9.17) is 9.47 Å². The van der Waals surface area contributed by atoms with E-state index in [2.05, 4.69) is 4.90 Å². The highest BCUT2D eigenvalue weighted by Crippen LogP contribution is 2.36. The second-order valence-electron chi connectivity index (χ2n) is 7.46. The van der Waals surface area contributed by atoms with Crippen LogP contribution in [0.25, 0.3) is 5.57 Å². The van der Waals surface area contributed by atoms with Crippen molar-refractivity contribution in [1.29, 1.82) is 0 Å². The SMILES string of the molecule is CCCCN1C(=O)C(c2ccc(OC)c(OC)c2)=C(N2CCN(CCO)CC2)C1=O. The van der Waals surface area contributed by atoms with Gasteiger partial charge >= 0.3 is 0 Å². The molecule has 1 saturated heterocycles. The van der Waals surface area contributed by atoms with Gasteiger partial charge < -0.3 is 19.5 Å². The molecule has 30 heavy (non-hydrogen) atoms. The quantitative estimate of drug-likeness (QED) is 0.605. The zero-order chi connectivity index (χ0) is 21.7. The molecule has 0 spiro atoms. The molecule has 2 amide bonds. The largest absolute Gasteiger partial charge is 0.493 e. The lowest BCUT2D eigenvalue weighted by atomic mass is 10.0. The molecule has 164 valence electrons. The second-order valence-corrected chi connectivity index (χ2v) is 7.46. The number of imide groups is 1. The third-order valence-corrected chi connectivity index (χ3v) is 5.66. The van der Waals surface area contributed by atoms with Crippen molar-refractivity contribution >= 4 is 17.4 Å². The van der Waals surface area contributed by atoms with Crippen LogP contribution < -0.4 is 9.47 Å². The summed E-state index contributed by atoms with van der Waals surface area (Å²) in [5.41, 5.74) is 1.54. The number of carbonyl (C=O) groups excluding carboxylic acids is 2. The molecule has 1 aromatic rings. The Morgan fingerprint density at radius 1 is 0.967 bits per heavy atom. The van der Waals surface area contributed by atoms with Gasteiger partial charge in [0.2, 0.25) is 0 Å². The van der Waals surface area contributed by atoms with Crippen LogP contribution >= 0.6 is 0 Å². The van der Waals surface area contributed by atoms with Crippen molar-refractivity contribution in [3.63, 3.8) is 0 Å². The highest BCUT2D eigenvalue weighted by Gasteiger charge is 2.42. The van der Waals surface area contributed by atoms with E-state index in [-0.39, 0.29) is 18.4 Å². The molecule has 2 heterocycles. The minimum Gasteiger partial charge on any atom is -0.493 e. The molecule has 1 fully saturated rings. The van der Waals surface area contributed by atoms with Gasteiger partial charge in [0.25, 0.3) is 11.8 Å². The molecule has 2 aliphatic heterocycles. The number of methoxy groups -OCH3 is 2. The molecule has 0 bridgehead atoms. The van der Waals surface area contributed by atoms with Gasteiger partial charge in [-0.2, -0.15) is 0 Å². The van der Waals surface area contributed by atoms with E-state index >= 15 is 0 Å². The smallest absolute Gasteiger partial charge is 0.277 e. The Morgan fingerprint density at radius 3 is 2.27 bits per heavy atom. The Morgan fingerprint density at radius 2 is 1.67 bits per heavy atom. The highest BCUT2D eigenvalue weighted by molar-refractivity contribution is 6.35. The number of aliphatic hydroxyl groups is 1. The van der Waals surface area contributed by atoms with Crippen LogP contribution in [-0.4, -0.2) is 91.7 Å². The van der Waals surface area contributed by atoms with E-state index in [9.17, 15) is 14.7 Å². The summed E-state index contributed by atoms with van der Waals surface area (Å²) in [6.07, 6.45) is 1.67. The van der Waals surface area contributed by atoms with Crippen molar-refractivity contribution in [2.45, 2.75) is 19.8 Å². The number of piperazine rings is 1. The van der Waals surface area contributed by atoms with Gasteiger partial charge in [0.15, 0.2) is 11.5 Å². The van der Waals surface area contributed by atoms with Crippen LogP contribution in [-0.2, 0) is 9.59 Å². The molecule has 8 nitrogen and oxygen atoms in total. The lowest BCUT2D eigenvalue weighted by Crippen LogP contribution is -2.48. The van der Waals surface area contributed by atoms with Crippen molar-refractivity contribution < 1.29 is 24.2 Å². The summed E-state index contributed by atoms with van der Waals surface area (Å²) in [6.45, 7) is 5.92. The Labute approximate surface area is 177 Å². The van der Waals surface area contributed by atoms with Crippen molar-refractivity contribution in [2.75, 3.05) is 60.1 Å². The first-order valence-electron chi connectivity index (χ1n) is 10.5. The Kier molecular flexibility index (Phi) is 7.33. The first-order chi connectivity index (χ1) is 14.5. The fourth-order valence-electron chi connectivity index (χ4n) is 3.96. The highest BCUT2D eigenvalue weighted by atomic mass is 16.5. The topological polar surface area (TPSA) is 82.6 Å². The number of β-amino-alcohol motifs (C(OH)–C–C–N with tert-alkyl or cyclic N) is 1. The lowest BCUT2D eigenvalue weighted by Gasteiger charge is -2.36. The molecule has 2 aliphatic rings. The van der Waals surface area contributed by atoms with Gasteiger partial charge in [-0.3, -0.25) is 19.4 Å². The first kappa shape index (κ1) is 22.1. The molecule has 3 rings (SSSR count). The van der Waals surface area contributed by atoms with Crippen molar-refractivity contribution in [1.82, 2.24) is 14.7 Å². The summed E-state index contributed by atoms with van der Waals surface area (Å²) in [7, 11) is 3.11. The zero-order valence-electron chi connectivity index (χ0n) is 18.0. The fraction of sp³-hybridized carbons (Fsp3) is 0.545. The second kappa shape index (κ2) is 9.95.